The normalized spacial score (nSPS) is 21.8. The second-order valence-corrected chi connectivity index (χ2v) is 9.87. The third-order valence-corrected chi connectivity index (χ3v) is 7.40. The molecule has 1 saturated heterocycles. The van der Waals surface area contributed by atoms with Gasteiger partial charge in [0.05, 0.1) is 19.1 Å². The van der Waals surface area contributed by atoms with Crippen LogP contribution in [0.15, 0.2) is 72.8 Å². The minimum absolute atomic E-state index is 0.0476. The average molecular weight is 487 g/mol. The monoisotopic (exact) mass is 486 g/mol. The highest BCUT2D eigenvalue weighted by Crippen LogP contribution is 2.45. The first-order valence-corrected chi connectivity index (χ1v) is 12.5. The van der Waals surface area contributed by atoms with Gasteiger partial charge in [-0.15, -0.1) is 0 Å². The van der Waals surface area contributed by atoms with E-state index in [0.717, 1.165) is 42.6 Å². The van der Waals surface area contributed by atoms with Crippen molar-refractivity contribution in [2.75, 3.05) is 20.2 Å². The van der Waals surface area contributed by atoms with Crippen molar-refractivity contribution in [3.63, 3.8) is 0 Å². The van der Waals surface area contributed by atoms with Gasteiger partial charge in [0.15, 0.2) is 0 Å². The van der Waals surface area contributed by atoms with E-state index in [4.69, 9.17) is 4.74 Å². The standard InChI is InChI=1S/C30H31FN2O3/c1-20-6-5-17-32(18-20)30(35)27-25-7-3-4-8-26(25)29(34)33(19-21-9-13-23(31)14-10-21)28(27)22-11-15-24(36-2)16-12-22/h3-4,7-16,20,27-28H,5-6,17-19H2,1-2H3/t20-,27+,28+/m0/s1. The molecule has 186 valence electrons. The Kier molecular flexibility index (Phi) is 6.77. The van der Waals surface area contributed by atoms with Crippen LogP contribution in [0.2, 0.25) is 0 Å². The average Bonchev–Trinajstić information content (AvgIpc) is 2.91. The minimum atomic E-state index is -0.543. The molecule has 5 nitrogen and oxygen atoms in total. The molecular weight excluding hydrogens is 455 g/mol. The summed E-state index contributed by atoms with van der Waals surface area (Å²) in [6, 6.07) is 20.7. The number of likely N-dealkylation sites (tertiary alicyclic amines) is 1. The van der Waals surface area contributed by atoms with Gasteiger partial charge in [-0.3, -0.25) is 9.59 Å². The van der Waals surface area contributed by atoms with Crippen LogP contribution in [0.25, 0.3) is 0 Å². The Balaban J connectivity index is 1.64. The number of carbonyl (C=O) groups excluding carboxylic acids is 2. The van der Waals surface area contributed by atoms with Crippen molar-refractivity contribution < 1.29 is 18.7 Å². The predicted octanol–water partition coefficient (Wildman–Crippen LogP) is 5.57. The zero-order chi connectivity index (χ0) is 25.2. The van der Waals surface area contributed by atoms with E-state index < -0.39 is 12.0 Å². The number of halogens is 1. The number of carbonyl (C=O) groups is 2. The zero-order valence-electron chi connectivity index (χ0n) is 20.7. The summed E-state index contributed by atoms with van der Waals surface area (Å²) in [4.78, 5) is 31.9. The summed E-state index contributed by atoms with van der Waals surface area (Å²) < 4.78 is 19.0. The van der Waals surface area contributed by atoms with Crippen LogP contribution in [0.1, 0.15) is 58.8 Å². The van der Waals surface area contributed by atoms with Gasteiger partial charge in [0.1, 0.15) is 11.6 Å². The Hall–Kier alpha value is -3.67. The number of hydrogen-bond donors (Lipinski definition) is 0. The Labute approximate surface area is 211 Å². The van der Waals surface area contributed by atoms with E-state index in [1.54, 1.807) is 30.2 Å². The lowest BCUT2D eigenvalue weighted by atomic mass is 9.78. The van der Waals surface area contributed by atoms with E-state index in [0.29, 0.717) is 17.2 Å². The smallest absolute Gasteiger partial charge is 0.255 e. The molecule has 6 heteroatoms. The van der Waals surface area contributed by atoms with Crippen LogP contribution >= 0.6 is 0 Å². The Bertz CT molecular complexity index is 1240. The maximum absolute atomic E-state index is 14.2. The fourth-order valence-corrected chi connectivity index (χ4v) is 5.58. The number of ether oxygens (including phenoxy) is 1. The van der Waals surface area contributed by atoms with E-state index in [2.05, 4.69) is 6.92 Å². The second-order valence-electron chi connectivity index (χ2n) is 9.87. The largest absolute Gasteiger partial charge is 0.497 e. The third kappa shape index (κ3) is 4.60. The lowest BCUT2D eigenvalue weighted by Gasteiger charge is -2.44. The summed E-state index contributed by atoms with van der Waals surface area (Å²) in [5.41, 5.74) is 2.99. The van der Waals surface area contributed by atoms with Gasteiger partial charge in [-0.25, -0.2) is 4.39 Å². The number of piperidine rings is 1. The third-order valence-electron chi connectivity index (χ3n) is 7.40. The molecule has 0 unspecified atom stereocenters. The van der Waals surface area contributed by atoms with E-state index in [1.807, 2.05) is 47.4 Å². The molecule has 0 aliphatic carbocycles. The van der Waals surface area contributed by atoms with E-state index >= 15 is 0 Å². The highest BCUT2D eigenvalue weighted by Gasteiger charge is 2.45. The first-order chi connectivity index (χ1) is 17.5. The number of methoxy groups -OCH3 is 1. The van der Waals surface area contributed by atoms with Gasteiger partial charge >= 0.3 is 0 Å². The first kappa shape index (κ1) is 24.0. The van der Waals surface area contributed by atoms with Crippen molar-refractivity contribution in [2.24, 2.45) is 5.92 Å². The Morgan fingerprint density at radius 2 is 1.75 bits per heavy atom. The summed E-state index contributed by atoms with van der Waals surface area (Å²) in [6.07, 6.45) is 2.09. The van der Waals surface area contributed by atoms with Gasteiger partial charge in [0, 0.05) is 25.2 Å². The molecule has 3 aromatic rings. The molecule has 2 heterocycles. The zero-order valence-corrected chi connectivity index (χ0v) is 20.7. The molecule has 3 aromatic carbocycles. The van der Waals surface area contributed by atoms with Crippen molar-refractivity contribution >= 4 is 11.8 Å². The summed E-state index contributed by atoms with van der Waals surface area (Å²) in [5, 5.41) is 0. The molecule has 2 amide bonds. The van der Waals surface area contributed by atoms with Gasteiger partial charge in [-0.1, -0.05) is 49.4 Å². The molecule has 1 fully saturated rings. The van der Waals surface area contributed by atoms with Crippen molar-refractivity contribution in [1.29, 1.82) is 0 Å². The molecule has 0 spiro atoms. The van der Waals surface area contributed by atoms with Gasteiger partial charge < -0.3 is 14.5 Å². The minimum Gasteiger partial charge on any atom is -0.497 e. The first-order valence-electron chi connectivity index (χ1n) is 12.5. The summed E-state index contributed by atoms with van der Waals surface area (Å²) in [5.74, 6) is 0.196. The van der Waals surface area contributed by atoms with Gasteiger partial charge in [0.25, 0.3) is 5.91 Å². The van der Waals surface area contributed by atoms with Crippen LogP contribution < -0.4 is 4.74 Å². The van der Waals surface area contributed by atoms with Crippen molar-refractivity contribution in [1.82, 2.24) is 9.80 Å². The van der Waals surface area contributed by atoms with Gasteiger partial charge in [0.2, 0.25) is 5.91 Å². The molecular formula is C30H31FN2O3. The van der Waals surface area contributed by atoms with Crippen LogP contribution in [0.5, 0.6) is 5.75 Å². The van der Waals surface area contributed by atoms with Crippen molar-refractivity contribution in [3.05, 3.63) is 101 Å². The number of nitrogens with zero attached hydrogens (tertiary/aromatic N) is 2. The van der Waals surface area contributed by atoms with Gasteiger partial charge in [-0.2, -0.15) is 0 Å². The quantitative estimate of drug-likeness (QED) is 0.474. The molecule has 0 N–H and O–H groups in total. The van der Waals surface area contributed by atoms with Crippen molar-refractivity contribution in [2.45, 2.75) is 38.3 Å². The lowest BCUT2D eigenvalue weighted by molar-refractivity contribution is -0.136. The topological polar surface area (TPSA) is 49.9 Å². The molecule has 0 aromatic heterocycles. The molecule has 2 aliphatic heterocycles. The SMILES string of the molecule is COc1ccc([C@@H]2[C@H](C(=O)N3CCC[C@H](C)C3)c3ccccc3C(=O)N2Cc2ccc(F)cc2)cc1. The molecule has 36 heavy (non-hydrogen) atoms. The molecule has 2 aliphatic rings. The fourth-order valence-electron chi connectivity index (χ4n) is 5.58. The number of benzene rings is 3. The summed E-state index contributed by atoms with van der Waals surface area (Å²) >= 11 is 0. The van der Waals surface area contributed by atoms with Crippen molar-refractivity contribution in [3.8, 4) is 5.75 Å². The maximum atomic E-state index is 14.2. The molecule has 0 saturated carbocycles. The Morgan fingerprint density at radius 3 is 2.44 bits per heavy atom. The van der Waals surface area contributed by atoms with Gasteiger partial charge in [-0.05, 0) is 65.8 Å². The number of hydrogen-bond acceptors (Lipinski definition) is 3. The number of rotatable bonds is 5. The number of amides is 2. The Morgan fingerprint density at radius 1 is 1.03 bits per heavy atom. The lowest BCUT2D eigenvalue weighted by Crippen LogP contribution is -2.49. The maximum Gasteiger partial charge on any atom is 0.255 e. The summed E-state index contributed by atoms with van der Waals surface area (Å²) in [6.45, 7) is 3.89. The van der Waals surface area contributed by atoms with Crippen LogP contribution in [0, 0.1) is 11.7 Å². The fraction of sp³-hybridized carbons (Fsp3) is 0.333. The van der Waals surface area contributed by atoms with Crippen LogP contribution in [0.3, 0.4) is 0 Å². The molecule has 0 bridgehead atoms. The molecule has 5 rings (SSSR count). The summed E-state index contributed by atoms with van der Waals surface area (Å²) in [7, 11) is 1.61. The predicted molar refractivity (Wildman–Crippen MR) is 136 cm³/mol. The van der Waals surface area contributed by atoms with Crippen LogP contribution in [-0.2, 0) is 11.3 Å². The molecule has 3 atom stereocenters. The van der Waals surface area contributed by atoms with E-state index in [9.17, 15) is 14.0 Å². The van der Waals surface area contributed by atoms with Crippen LogP contribution in [0.4, 0.5) is 4.39 Å². The van der Waals surface area contributed by atoms with E-state index in [1.165, 1.54) is 12.1 Å². The number of fused-ring (bicyclic) bond motifs is 1. The van der Waals surface area contributed by atoms with E-state index in [-0.39, 0.29) is 24.2 Å². The highest BCUT2D eigenvalue weighted by atomic mass is 19.1. The second kappa shape index (κ2) is 10.1. The highest BCUT2D eigenvalue weighted by molar-refractivity contribution is 6.01. The molecule has 0 radical (unpaired) electrons. The van der Waals surface area contributed by atoms with Crippen LogP contribution in [-0.4, -0.2) is 41.8 Å².